The Morgan fingerprint density at radius 2 is 2.19 bits per heavy atom. The smallest absolute Gasteiger partial charge is 0.321 e. The van der Waals surface area contributed by atoms with Crippen molar-refractivity contribution in [1.82, 2.24) is 15.5 Å². The molecule has 0 radical (unpaired) electrons. The van der Waals surface area contributed by atoms with Gasteiger partial charge in [0, 0.05) is 17.5 Å². The average molecular weight is 376 g/mol. The maximum atomic E-state index is 13.6. The van der Waals surface area contributed by atoms with Crippen LogP contribution >= 0.6 is 0 Å². The van der Waals surface area contributed by atoms with Crippen LogP contribution in [0.5, 0.6) is 0 Å². The molecular formula is C17H18F2N6O2. The van der Waals surface area contributed by atoms with E-state index in [4.69, 9.17) is 4.84 Å². The number of carbonyl (C=O) groups excluding carboxylic acids is 1. The van der Waals surface area contributed by atoms with E-state index >= 15 is 0 Å². The van der Waals surface area contributed by atoms with Crippen LogP contribution in [-0.2, 0) is 11.3 Å². The second-order valence-corrected chi connectivity index (χ2v) is 5.42. The van der Waals surface area contributed by atoms with E-state index in [1.165, 1.54) is 24.4 Å². The number of amides is 2. The van der Waals surface area contributed by atoms with Crippen LogP contribution < -0.4 is 10.6 Å². The fourth-order valence-electron chi connectivity index (χ4n) is 1.97. The van der Waals surface area contributed by atoms with Gasteiger partial charge >= 0.3 is 6.03 Å². The fourth-order valence-corrected chi connectivity index (χ4v) is 1.97. The van der Waals surface area contributed by atoms with Crippen molar-refractivity contribution >= 4 is 11.8 Å². The van der Waals surface area contributed by atoms with Crippen molar-refractivity contribution in [3.8, 4) is 0 Å². The summed E-state index contributed by atoms with van der Waals surface area (Å²) in [7, 11) is 0. The zero-order chi connectivity index (χ0) is 19.6. The van der Waals surface area contributed by atoms with E-state index in [-0.39, 0.29) is 18.1 Å². The number of aromatic nitrogens is 2. The fraction of sp³-hybridized carbons (Fsp3) is 0.235. The maximum Gasteiger partial charge on any atom is 0.327 e. The monoisotopic (exact) mass is 376 g/mol. The second-order valence-electron chi connectivity index (χ2n) is 5.42. The number of hydrogen-bond acceptors (Lipinski definition) is 6. The average Bonchev–Trinajstić information content (AvgIpc) is 2.64. The first kappa shape index (κ1) is 19.9. The van der Waals surface area contributed by atoms with Crippen LogP contribution in [0.2, 0.25) is 0 Å². The Kier molecular flexibility index (Phi) is 7.29. The van der Waals surface area contributed by atoms with Gasteiger partial charge in [0.05, 0.1) is 6.04 Å². The lowest BCUT2D eigenvalue weighted by atomic mass is 10.1. The van der Waals surface area contributed by atoms with Gasteiger partial charge in [-0.05, 0) is 50.1 Å². The highest BCUT2D eigenvalue weighted by Crippen LogP contribution is 2.13. The molecule has 10 heteroatoms. The summed E-state index contributed by atoms with van der Waals surface area (Å²) in [6.07, 6.45) is 3.16. The van der Waals surface area contributed by atoms with Crippen LogP contribution in [0.4, 0.5) is 19.4 Å². The predicted molar refractivity (Wildman–Crippen MR) is 93.4 cm³/mol. The number of rotatable bonds is 7. The summed E-state index contributed by atoms with van der Waals surface area (Å²) < 4.78 is 26.5. The van der Waals surface area contributed by atoms with Crippen LogP contribution in [0.15, 0.2) is 58.9 Å². The molecule has 2 amide bonds. The Morgan fingerprint density at radius 1 is 1.37 bits per heavy atom. The number of allylic oxidation sites excluding steroid dienone is 1. The third-order valence-corrected chi connectivity index (χ3v) is 3.23. The van der Waals surface area contributed by atoms with Gasteiger partial charge in [-0.2, -0.15) is 5.10 Å². The molecule has 1 heterocycles. The van der Waals surface area contributed by atoms with Gasteiger partial charge in [-0.1, -0.05) is 6.07 Å². The van der Waals surface area contributed by atoms with Crippen LogP contribution in [-0.4, -0.2) is 22.3 Å². The zero-order valence-electron chi connectivity index (χ0n) is 14.7. The molecule has 1 atom stereocenters. The number of benzene rings is 1. The van der Waals surface area contributed by atoms with Gasteiger partial charge in [0.1, 0.15) is 11.6 Å². The van der Waals surface area contributed by atoms with E-state index in [2.05, 4.69) is 31.2 Å². The van der Waals surface area contributed by atoms with Gasteiger partial charge in [-0.15, -0.1) is 10.2 Å². The van der Waals surface area contributed by atoms with E-state index < -0.39 is 23.7 Å². The van der Waals surface area contributed by atoms with E-state index in [1.54, 1.807) is 26.0 Å². The SMILES string of the molecule is C/C=C(/NC(=O)Nc1cccnn1)ON=NC(C)Cc1ccc(F)cc1F. The molecule has 27 heavy (non-hydrogen) atoms. The Hall–Kier alpha value is -3.43. The molecule has 0 saturated heterocycles. The van der Waals surface area contributed by atoms with Crippen LogP contribution in [0.3, 0.4) is 0 Å². The molecule has 0 aliphatic heterocycles. The number of carbonyl (C=O) groups is 1. The third-order valence-electron chi connectivity index (χ3n) is 3.23. The molecule has 1 aromatic heterocycles. The van der Waals surface area contributed by atoms with Crippen LogP contribution in [0.25, 0.3) is 0 Å². The van der Waals surface area contributed by atoms with Gasteiger partial charge < -0.3 is 4.84 Å². The van der Waals surface area contributed by atoms with Gasteiger partial charge in [0.2, 0.25) is 5.88 Å². The molecule has 1 unspecified atom stereocenters. The first-order valence-electron chi connectivity index (χ1n) is 8.01. The lowest BCUT2D eigenvalue weighted by Crippen LogP contribution is -2.29. The van der Waals surface area contributed by atoms with Gasteiger partial charge in [0.15, 0.2) is 5.82 Å². The third kappa shape index (κ3) is 6.77. The molecule has 0 aliphatic carbocycles. The lowest BCUT2D eigenvalue weighted by molar-refractivity contribution is 0.175. The number of urea groups is 1. The molecule has 1 aromatic carbocycles. The topological polar surface area (TPSA) is 101 Å². The molecule has 2 rings (SSSR count). The molecule has 2 aromatic rings. The number of halogens is 2. The van der Waals surface area contributed by atoms with E-state index in [9.17, 15) is 13.6 Å². The molecule has 0 spiro atoms. The highest BCUT2D eigenvalue weighted by molar-refractivity contribution is 5.89. The minimum atomic E-state index is -0.644. The zero-order valence-corrected chi connectivity index (χ0v) is 14.7. The Labute approximate surface area is 154 Å². The molecule has 142 valence electrons. The molecular weight excluding hydrogens is 358 g/mol. The summed E-state index contributed by atoms with van der Waals surface area (Å²) in [5.41, 5.74) is 0.315. The first-order chi connectivity index (χ1) is 13.0. The van der Waals surface area contributed by atoms with Gasteiger partial charge in [-0.25, -0.2) is 13.6 Å². The first-order valence-corrected chi connectivity index (χ1v) is 8.01. The molecule has 8 nitrogen and oxygen atoms in total. The normalized spacial score (nSPS) is 12.7. The largest absolute Gasteiger partial charge is 0.327 e. The number of nitrogens with zero attached hydrogens (tertiary/aromatic N) is 4. The highest BCUT2D eigenvalue weighted by atomic mass is 19.1. The highest BCUT2D eigenvalue weighted by Gasteiger charge is 2.09. The Morgan fingerprint density at radius 3 is 2.85 bits per heavy atom. The maximum absolute atomic E-state index is 13.6. The number of anilines is 1. The van der Waals surface area contributed by atoms with Gasteiger partial charge in [0.25, 0.3) is 0 Å². The van der Waals surface area contributed by atoms with Crippen molar-refractivity contribution in [3.63, 3.8) is 0 Å². The molecule has 0 fully saturated rings. The van der Waals surface area contributed by atoms with E-state index in [1.807, 2.05) is 0 Å². The summed E-state index contributed by atoms with van der Waals surface area (Å²) in [4.78, 5) is 16.8. The van der Waals surface area contributed by atoms with E-state index in [0.29, 0.717) is 5.56 Å². The number of nitrogens with one attached hydrogen (secondary N) is 2. The summed E-state index contributed by atoms with van der Waals surface area (Å²) in [5, 5.41) is 19.6. The summed E-state index contributed by atoms with van der Waals surface area (Å²) >= 11 is 0. The van der Waals surface area contributed by atoms with Crippen molar-refractivity contribution < 1.29 is 18.4 Å². The van der Waals surface area contributed by atoms with Gasteiger partial charge in [-0.3, -0.25) is 10.6 Å². The van der Waals surface area contributed by atoms with Crippen molar-refractivity contribution in [2.45, 2.75) is 26.3 Å². The summed E-state index contributed by atoms with van der Waals surface area (Å²) in [6.45, 7) is 3.32. The minimum Gasteiger partial charge on any atom is -0.321 e. The van der Waals surface area contributed by atoms with E-state index in [0.717, 1.165) is 6.07 Å². The molecule has 0 aliphatic rings. The van der Waals surface area contributed by atoms with Crippen LogP contribution in [0.1, 0.15) is 19.4 Å². The summed E-state index contributed by atoms with van der Waals surface area (Å²) in [6, 6.07) is 5.52. The summed E-state index contributed by atoms with van der Waals surface area (Å²) in [5.74, 6) is -0.978. The Bertz CT molecular complexity index is 829. The Balaban J connectivity index is 1.82. The van der Waals surface area contributed by atoms with Crippen molar-refractivity contribution in [2.24, 2.45) is 10.4 Å². The van der Waals surface area contributed by atoms with Crippen molar-refractivity contribution in [2.75, 3.05) is 5.32 Å². The molecule has 0 saturated carbocycles. The number of hydrogen-bond donors (Lipinski definition) is 2. The van der Waals surface area contributed by atoms with Crippen LogP contribution in [0, 0.1) is 11.6 Å². The lowest BCUT2D eigenvalue weighted by Gasteiger charge is -2.08. The minimum absolute atomic E-state index is 0.0419. The molecule has 0 bridgehead atoms. The molecule has 2 N–H and O–H groups in total. The predicted octanol–water partition coefficient (Wildman–Crippen LogP) is 3.75. The van der Waals surface area contributed by atoms with Crippen molar-refractivity contribution in [1.29, 1.82) is 0 Å². The standard InChI is InChI=1S/C17H18F2N6O2/c1-3-16(22-17(26)21-15-5-4-8-20-24-15)27-25-23-11(2)9-12-6-7-13(18)10-14(12)19/h3-8,10-11H,9H2,1-2H3,(H2,21,22,24,26)/b16-3-,25-23?. The second kappa shape index (κ2) is 9.90. The van der Waals surface area contributed by atoms with Crippen molar-refractivity contribution in [3.05, 3.63) is 65.7 Å². The quantitative estimate of drug-likeness (QED) is 0.436.